The van der Waals surface area contributed by atoms with Gasteiger partial charge >= 0.3 is 12.4 Å². The Hall–Kier alpha value is -1.74. The van der Waals surface area contributed by atoms with Gasteiger partial charge in [0.25, 0.3) is 0 Å². The molecule has 1 unspecified atom stereocenters. The molecule has 1 aromatic heterocycles. The van der Waals surface area contributed by atoms with Crippen LogP contribution in [0.4, 0.5) is 26.3 Å². The number of rotatable bonds is 5. The highest BCUT2D eigenvalue weighted by atomic mass is 19.4. The Balaban J connectivity index is 2.22. The summed E-state index contributed by atoms with van der Waals surface area (Å²) in [5.74, 6) is -0.420. The SMILES string of the molecule is CC(C)CC(O)(NCc1cc2cc(C(F)(F)F)ccc2[nH]1)C(F)(F)F. The Morgan fingerprint density at radius 1 is 1.08 bits per heavy atom. The zero-order chi connectivity index (χ0) is 19.0. The van der Waals surface area contributed by atoms with Crippen LogP contribution < -0.4 is 5.32 Å². The topological polar surface area (TPSA) is 48.0 Å². The largest absolute Gasteiger partial charge is 0.430 e. The number of alkyl halides is 6. The van der Waals surface area contributed by atoms with Crippen molar-refractivity contribution in [3.63, 3.8) is 0 Å². The molecule has 0 radical (unpaired) electrons. The number of halogens is 6. The Bertz CT molecular complexity index is 734. The van der Waals surface area contributed by atoms with Crippen LogP contribution in [-0.2, 0) is 12.7 Å². The van der Waals surface area contributed by atoms with Crippen molar-refractivity contribution >= 4 is 10.9 Å². The average Bonchev–Trinajstić information content (AvgIpc) is 2.84. The second-order valence-corrected chi connectivity index (χ2v) is 6.40. The number of H-pyrrole nitrogens is 1. The maximum Gasteiger partial charge on any atom is 0.430 e. The van der Waals surface area contributed by atoms with Crippen LogP contribution in [0.1, 0.15) is 31.5 Å². The Labute approximate surface area is 140 Å². The molecule has 0 spiro atoms. The lowest BCUT2D eigenvalue weighted by Gasteiger charge is -2.32. The highest BCUT2D eigenvalue weighted by Gasteiger charge is 2.53. The van der Waals surface area contributed by atoms with Gasteiger partial charge in [-0.1, -0.05) is 13.8 Å². The van der Waals surface area contributed by atoms with E-state index >= 15 is 0 Å². The first kappa shape index (κ1) is 19.6. The fourth-order valence-electron chi connectivity index (χ4n) is 2.58. The number of aromatic nitrogens is 1. The maximum absolute atomic E-state index is 13.1. The van der Waals surface area contributed by atoms with E-state index in [0.717, 1.165) is 12.1 Å². The molecule has 1 atom stereocenters. The molecule has 0 saturated carbocycles. The van der Waals surface area contributed by atoms with E-state index in [4.69, 9.17) is 0 Å². The minimum absolute atomic E-state index is 0.228. The number of hydrogen-bond acceptors (Lipinski definition) is 2. The number of hydrogen-bond donors (Lipinski definition) is 3. The summed E-state index contributed by atoms with van der Waals surface area (Å²) in [7, 11) is 0. The van der Waals surface area contributed by atoms with Crippen molar-refractivity contribution in [3.05, 3.63) is 35.5 Å². The summed E-state index contributed by atoms with van der Waals surface area (Å²) in [6, 6.07) is 4.34. The first-order chi connectivity index (χ1) is 11.3. The van der Waals surface area contributed by atoms with Gasteiger partial charge in [0, 0.05) is 29.6 Å². The van der Waals surface area contributed by atoms with Gasteiger partial charge in [-0.3, -0.25) is 5.32 Å². The third-order valence-corrected chi connectivity index (χ3v) is 3.75. The average molecular weight is 368 g/mol. The van der Waals surface area contributed by atoms with Gasteiger partial charge in [-0.15, -0.1) is 0 Å². The third-order valence-electron chi connectivity index (χ3n) is 3.75. The van der Waals surface area contributed by atoms with Crippen LogP contribution in [0.5, 0.6) is 0 Å². The molecule has 0 fully saturated rings. The molecule has 2 aromatic rings. The molecule has 140 valence electrons. The molecule has 0 aliphatic rings. The molecule has 1 heterocycles. The van der Waals surface area contributed by atoms with Gasteiger partial charge in [0.1, 0.15) is 0 Å². The number of aromatic amines is 1. The monoisotopic (exact) mass is 368 g/mol. The van der Waals surface area contributed by atoms with E-state index in [1.807, 2.05) is 0 Å². The predicted molar refractivity (Wildman–Crippen MR) is 80.6 cm³/mol. The van der Waals surface area contributed by atoms with E-state index in [2.05, 4.69) is 10.3 Å². The number of nitrogens with one attached hydrogen (secondary N) is 2. The first-order valence-electron chi connectivity index (χ1n) is 7.55. The highest BCUT2D eigenvalue weighted by molar-refractivity contribution is 5.81. The van der Waals surface area contributed by atoms with E-state index in [-0.39, 0.29) is 17.6 Å². The summed E-state index contributed by atoms with van der Waals surface area (Å²) in [5, 5.41) is 12.2. The molecule has 1 aromatic carbocycles. The van der Waals surface area contributed by atoms with Crippen LogP contribution in [0, 0.1) is 5.92 Å². The van der Waals surface area contributed by atoms with Crippen LogP contribution in [0.2, 0.25) is 0 Å². The van der Waals surface area contributed by atoms with Crippen LogP contribution in [0.25, 0.3) is 10.9 Å². The van der Waals surface area contributed by atoms with Gasteiger partial charge in [0.05, 0.1) is 5.56 Å². The fraction of sp³-hybridized carbons (Fsp3) is 0.500. The minimum atomic E-state index is -4.88. The van der Waals surface area contributed by atoms with E-state index in [1.54, 1.807) is 13.8 Å². The minimum Gasteiger partial charge on any atom is -0.368 e. The summed E-state index contributed by atoms with van der Waals surface area (Å²) >= 11 is 0. The van der Waals surface area contributed by atoms with Gasteiger partial charge in [-0.2, -0.15) is 26.3 Å². The van der Waals surface area contributed by atoms with Gasteiger partial charge in [0.15, 0.2) is 0 Å². The summed E-state index contributed by atoms with van der Waals surface area (Å²) in [5.41, 5.74) is -3.31. The van der Waals surface area contributed by atoms with Crippen molar-refractivity contribution in [1.82, 2.24) is 10.3 Å². The van der Waals surface area contributed by atoms with E-state index < -0.39 is 36.0 Å². The molecule has 0 aliphatic carbocycles. The molecule has 0 amide bonds. The normalized spacial score (nSPS) is 15.8. The number of benzene rings is 1. The molecule has 3 nitrogen and oxygen atoms in total. The van der Waals surface area contributed by atoms with Crippen LogP contribution in [0.15, 0.2) is 24.3 Å². The highest BCUT2D eigenvalue weighted by Crippen LogP contribution is 2.34. The predicted octanol–water partition coefficient (Wildman–Crippen LogP) is 4.57. The van der Waals surface area contributed by atoms with Crippen molar-refractivity contribution in [1.29, 1.82) is 0 Å². The summed E-state index contributed by atoms with van der Waals surface area (Å²) in [4.78, 5) is 2.74. The van der Waals surface area contributed by atoms with Crippen LogP contribution in [-0.4, -0.2) is 22.0 Å². The molecule has 0 aliphatic heterocycles. The first-order valence-corrected chi connectivity index (χ1v) is 7.55. The molecule has 2 rings (SSSR count). The number of aliphatic hydroxyl groups is 1. The van der Waals surface area contributed by atoms with E-state index in [1.165, 1.54) is 12.1 Å². The van der Waals surface area contributed by atoms with Crippen molar-refractivity contribution in [2.75, 3.05) is 0 Å². The summed E-state index contributed by atoms with van der Waals surface area (Å²) in [6.07, 6.45) is -9.93. The molecule has 9 heteroatoms. The van der Waals surface area contributed by atoms with Crippen molar-refractivity contribution in [3.8, 4) is 0 Å². The third kappa shape index (κ3) is 4.46. The Morgan fingerprint density at radius 3 is 2.24 bits per heavy atom. The van der Waals surface area contributed by atoms with Crippen LogP contribution >= 0.6 is 0 Å². The molecule has 0 saturated heterocycles. The smallest absolute Gasteiger partial charge is 0.368 e. The van der Waals surface area contributed by atoms with Gasteiger partial charge in [-0.25, -0.2) is 0 Å². The molecule has 25 heavy (non-hydrogen) atoms. The lowest BCUT2D eigenvalue weighted by atomic mass is 9.99. The summed E-state index contributed by atoms with van der Waals surface area (Å²) in [6.45, 7) is 2.71. The van der Waals surface area contributed by atoms with Crippen molar-refractivity contribution in [2.24, 2.45) is 5.92 Å². The van der Waals surface area contributed by atoms with Crippen molar-refractivity contribution in [2.45, 2.75) is 44.9 Å². The quantitative estimate of drug-likeness (QED) is 0.535. The van der Waals surface area contributed by atoms with E-state index in [0.29, 0.717) is 5.52 Å². The standard InChI is InChI=1S/C16H18F6N2O/c1-9(2)7-14(25,16(20,21)22)23-8-12-6-10-5-11(15(17,18)19)3-4-13(10)24-12/h3-6,9,23-25H,7-8H2,1-2H3. The Morgan fingerprint density at radius 2 is 1.72 bits per heavy atom. The van der Waals surface area contributed by atoms with Gasteiger partial charge in [-0.05, 0) is 30.2 Å². The van der Waals surface area contributed by atoms with Crippen LogP contribution in [0.3, 0.4) is 0 Å². The molecule has 0 bridgehead atoms. The Kier molecular flexibility index (Phi) is 5.11. The maximum atomic E-state index is 13.1. The van der Waals surface area contributed by atoms with Gasteiger partial charge < -0.3 is 10.1 Å². The van der Waals surface area contributed by atoms with Crippen molar-refractivity contribution < 1.29 is 31.4 Å². The lowest BCUT2D eigenvalue weighted by Crippen LogP contribution is -2.57. The summed E-state index contributed by atoms with van der Waals surface area (Å²) < 4.78 is 77.4. The second-order valence-electron chi connectivity index (χ2n) is 6.40. The lowest BCUT2D eigenvalue weighted by molar-refractivity contribution is -0.279. The second kappa shape index (κ2) is 6.53. The molecular weight excluding hydrogens is 350 g/mol. The number of fused-ring (bicyclic) bond motifs is 1. The van der Waals surface area contributed by atoms with Gasteiger partial charge in [0.2, 0.25) is 5.72 Å². The zero-order valence-electron chi connectivity index (χ0n) is 13.5. The molecule has 3 N–H and O–H groups in total. The van der Waals surface area contributed by atoms with E-state index in [9.17, 15) is 31.4 Å². The molecular formula is C16H18F6N2O. The zero-order valence-corrected chi connectivity index (χ0v) is 13.5. The fourth-order valence-corrected chi connectivity index (χ4v) is 2.58.